The maximum atomic E-state index is 13.1. The average molecular weight is 508 g/mol. The summed E-state index contributed by atoms with van der Waals surface area (Å²) in [7, 11) is 0. The molecule has 1 fully saturated rings. The van der Waals surface area contributed by atoms with E-state index in [1.165, 1.54) is 11.3 Å². The Labute approximate surface area is 205 Å². The fourth-order valence-electron chi connectivity index (χ4n) is 4.66. The highest BCUT2D eigenvalue weighted by Gasteiger charge is 2.49. The van der Waals surface area contributed by atoms with Gasteiger partial charge < -0.3 is 15.5 Å². The first-order valence-corrected chi connectivity index (χ1v) is 11.7. The lowest BCUT2D eigenvalue weighted by Crippen LogP contribution is -2.44. The molecule has 1 saturated carbocycles. The molecule has 1 aromatic carbocycles. The molecular weight excluding hydrogens is 481 g/mol. The number of carboxylic acids is 1. The van der Waals surface area contributed by atoms with Crippen LogP contribution >= 0.6 is 11.3 Å². The summed E-state index contributed by atoms with van der Waals surface area (Å²) in [5.41, 5.74) is -1.11. The molecule has 0 spiro atoms. The number of alkyl halides is 3. The maximum absolute atomic E-state index is 13.1. The number of benzene rings is 1. The van der Waals surface area contributed by atoms with Gasteiger partial charge in [-0.05, 0) is 60.9 Å². The SMILES string of the molecule is [2H]c1cc(C(F)(F)F)nc(Nc2cc(C)cc(-c3cnc([C@@]4(O)CC[C@H](C(=O)O)C(C)(C)C4)s3)c2)n1. The average Bonchev–Trinajstić information content (AvgIpc) is 3.22. The zero-order valence-corrected chi connectivity index (χ0v) is 20.1. The van der Waals surface area contributed by atoms with Crippen molar-refractivity contribution in [1.29, 1.82) is 0 Å². The first-order valence-electron chi connectivity index (χ1n) is 11.4. The van der Waals surface area contributed by atoms with E-state index in [4.69, 9.17) is 1.37 Å². The van der Waals surface area contributed by atoms with Crippen LogP contribution in [0.25, 0.3) is 10.4 Å². The number of halogens is 3. The highest BCUT2D eigenvalue weighted by atomic mass is 32.1. The summed E-state index contributed by atoms with van der Waals surface area (Å²) >= 11 is 1.29. The lowest BCUT2D eigenvalue weighted by molar-refractivity contribution is -0.154. The van der Waals surface area contributed by atoms with Crippen LogP contribution in [0.15, 0.2) is 36.6 Å². The van der Waals surface area contributed by atoms with E-state index >= 15 is 0 Å². The van der Waals surface area contributed by atoms with Crippen LogP contribution in [0.4, 0.5) is 24.8 Å². The molecule has 0 amide bonds. The van der Waals surface area contributed by atoms with Crippen LogP contribution in [0, 0.1) is 18.3 Å². The molecule has 3 N–H and O–H groups in total. The fraction of sp³-hybridized carbons (Fsp3) is 0.417. The van der Waals surface area contributed by atoms with E-state index in [1.54, 1.807) is 18.3 Å². The maximum Gasteiger partial charge on any atom is 0.433 e. The van der Waals surface area contributed by atoms with E-state index in [2.05, 4.69) is 20.3 Å². The van der Waals surface area contributed by atoms with Crippen LogP contribution in [0.1, 0.15) is 50.7 Å². The van der Waals surface area contributed by atoms with Gasteiger partial charge in [0.2, 0.25) is 5.95 Å². The summed E-state index contributed by atoms with van der Waals surface area (Å²) in [4.78, 5) is 24.0. The Balaban J connectivity index is 1.61. The van der Waals surface area contributed by atoms with Gasteiger partial charge in [0.25, 0.3) is 0 Å². The molecule has 0 saturated heterocycles. The lowest BCUT2D eigenvalue weighted by atomic mass is 9.63. The largest absolute Gasteiger partial charge is 0.481 e. The summed E-state index contributed by atoms with van der Waals surface area (Å²) in [5.74, 6) is -1.77. The standard InChI is InChI=1S/C24H25F3N4O3S/c1-13-8-14(10-15(9-13)30-21-28-7-5-18(31-21)24(25,26)27)17-11-29-20(35-17)23(34)6-4-16(19(32)33)22(2,3)12-23/h5,7-11,16,34H,4,6,12H2,1-3H3,(H,32,33)(H,28,30,31)/t16-,23-/m1/s1/i7D. The highest BCUT2D eigenvalue weighted by Crippen LogP contribution is 2.51. The van der Waals surface area contributed by atoms with Gasteiger partial charge in [0.05, 0.1) is 12.2 Å². The molecule has 0 bridgehead atoms. The molecule has 3 aromatic rings. The van der Waals surface area contributed by atoms with E-state index in [0.717, 1.165) is 16.0 Å². The van der Waals surface area contributed by atoms with Crippen molar-refractivity contribution in [2.24, 2.45) is 11.3 Å². The van der Waals surface area contributed by atoms with E-state index in [-0.39, 0.29) is 18.8 Å². The molecule has 1 aliphatic rings. The third-order valence-corrected chi connectivity index (χ3v) is 7.49. The molecule has 0 radical (unpaired) electrons. The second-order valence-corrected chi connectivity index (χ2v) is 10.6. The van der Waals surface area contributed by atoms with Crippen molar-refractivity contribution in [2.45, 2.75) is 51.8 Å². The number of aromatic nitrogens is 3. The van der Waals surface area contributed by atoms with Gasteiger partial charge in [0.1, 0.15) is 16.3 Å². The number of carboxylic acid groups (broad SMARTS) is 1. The molecule has 186 valence electrons. The monoisotopic (exact) mass is 507 g/mol. The lowest BCUT2D eigenvalue weighted by Gasteiger charge is -2.44. The van der Waals surface area contributed by atoms with E-state index in [1.807, 2.05) is 26.8 Å². The molecule has 1 aliphatic carbocycles. The molecule has 7 nitrogen and oxygen atoms in total. The van der Waals surface area contributed by atoms with Crippen molar-refractivity contribution in [3.05, 3.63) is 52.9 Å². The molecule has 0 aliphatic heterocycles. The summed E-state index contributed by atoms with van der Waals surface area (Å²) in [6.07, 6.45) is -2.77. The first-order chi connectivity index (χ1) is 16.7. The van der Waals surface area contributed by atoms with Gasteiger partial charge in [-0.25, -0.2) is 15.0 Å². The van der Waals surface area contributed by atoms with Crippen molar-refractivity contribution in [2.75, 3.05) is 5.32 Å². The van der Waals surface area contributed by atoms with Crippen molar-refractivity contribution < 1.29 is 29.5 Å². The Morgan fingerprint density at radius 2 is 2.03 bits per heavy atom. The third-order valence-electron chi connectivity index (χ3n) is 6.25. The minimum atomic E-state index is -4.70. The molecule has 11 heteroatoms. The minimum Gasteiger partial charge on any atom is -0.481 e. The second kappa shape index (κ2) is 8.87. The van der Waals surface area contributed by atoms with Gasteiger partial charge in [-0.3, -0.25) is 4.79 Å². The zero-order valence-electron chi connectivity index (χ0n) is 20.3. The number of hydrogen-bond acceptors (Lipinski definition) is 7. The molecule has 2 aromatic heterocycles. The van der Waals surface area contributed by atoms with Crippen LogP contribution < -0.4 is 5.32 Å². The van der Waals surface area contributed by atoms with Gasteiger partial charge >= 0.3 is 12.1 Å². The number of nitrogens with one attached hydrogen (secondary N) is 1. The number of nitrogens with zero attached hydrogens (tertiary/aromatic N) is 3. The van der Waals surface area contributed by atoms with E-state index < -0.39 is 40.9 Å². The van der Waals surface area contributed by atoms with E-state index in [9.17, 15) is 28.2 Å². The van der Waals surface area contributed by atoms with Gasteiger partial charge in [-0.2, -0.15) is 13.2 Å². The van der Waals surface area contributed by atoms with Crippen molar-refractivity contribution >= 4 is 28.9 Å². The summed E-state index contributed by atoms with van der Waals surface area (Å²) in [5, 5.41) is 24.1. The van der Waals surface area contributed by atoms with Crippen molar-refractivity contribution in [3.8, 4) is 10.4 Å². The van der Waals surface area contributed by atoms with Crippen LogP contribution in [0.3, 0.4) is 0 Å². The Morgan fingerprint density at radius 1 is 1.29 bits per heavy atom. The molecule has 2 atom stereocenters. The second-order valence-electron chi connectivity index (χ2n) is 9.57. The van der Waals surface area contributed by atoms with Crippen molar-refractivity contribution in [1.82, 2.24) is 15.0 Å². The molecular formula is C24H25F3N4O3S. The molecule has 2 heterocycles. The molecule has 0 unspecified atom stereocenters. The smallest absolute Gasteiger partial charge is 0.433 e. The Morgan fingerprint density at radius 3 is 2.69 bits per heavy atom. The van der Waals surface area contributed by atoms with E-state index in [0.29, 0.717) is 23.2 Å². The minimum absolute atomic E-state index is 0.257. The van der Waals surface area contributed by atoms with Crippen LogP contribution in [0.5, 0.6) is 0 Å². The van der Waals surface area contributed by atoms with Crippen LogP contribution in [-0.2, 0) is 16.6 Å². The molecule has 4 rings (SSSR count). The quantitative estimate of drug-likeness (QED) is 0.402. The number of carbonyl (C=O) groups is 1. The number of thiazole rings is 1. The number of hydrogen-bond donors (Lipinski definition) is 3. The summed E-state index contributed by atoms with van der Waals surface area (Å²) in [6, 6.07) is 5.84. The predicted octanol–water partition coefficient (Wildman–Crippen LogP) is 5.77. The number of aliphatic carboxylic acids is 1. The zero-order chi connectivity index (χ0) is 26.5. The number of anilines is 2. The normalized spacial score (nSPS) is 22.5. The van der Waals surface area contributed by atoms with Crippen molar-refractivity contribution in [3.63, 3.8) is 0 Å². The predicted molar refractivity (Wildman–Crippen MR) is 125 cm³/mol. The Kier molecular flexibility index (Phi) is 6.00. The van der Waals surface area contributed by atoms with Crippen LogP contribution in [-0.4, -0.2) is 31.1 Å². The third kappa shape index (κ3) is 5.30. The summed E-state index contributed by atoms with van der Waals surface area (Å²) < 4.78 is 46.8. The fourth-order valence-corrected chi connectivity index (χ4v) is 5.67. The van der Waals surface area contributed by atoms with Gasteiger partial charge in [0.15, 0.2) is 0 Å². The van der Waals surface area contributed by atoms with Gasteiger partial charge in [-0.15, -0.1) is 11.3 Å². The topological polar surface area (TPSA) is 108 Å². The van der Waals surface area contributed by atoms with Crippen LogP contribution in [0.2, 0.25) is 0 Å². The number of aliphatic hydroxyl groups is 1. The first kappa shape index (κ1) is 23.7. The highest BCUT2D eigenvalue weighted by molar-refractivity contribution is 7.15. The summed E-state index contributed by atoms with van der Waals surface area (Å²) in [6.45, 7) is 5.49. The molecule has 35 heavy (non-hydrogen) atoms. The Hall–Kier alpha value is -3.05. The number of aryl methyl sites for hydroxylation is 1. The number of rotatable bonds is 5. The van der Waals surface area contributed by atoms with Gasteiger partial charge in [-0.1, -0.05) is 19.9 Å². The van der Waals surface area contributed by atoms with Gasteiger partial charge in [0, 0.05) is 18.1 Å². The Bertz CT molecular complexity index is 1310.